The molecule has 0 spiro atoms. The van der Waals surface area contributed by atoms with Gasteiger partial charge in [-0.2, -0.15) is 0 Å². The first-order chi connectivity index (χ1) is 13.0. The van der Waals surface area contributed by atoms with Gasteiger partial charge in [0.05, 0.1) is 18.1 Å². The molecule has 8 heteroatoms. The predicted octanol–water partition coefficient (Wildman–Crippen LogP) is 3.54. The van der Waals surface area contributed by atoms with Crippen molar-refractivity contribution < 1.29 is 23.5 Å². The third-order valence-electron chi connectivity index (χ3n) is 4.61. The van der Waals surface area contributed by atoms with Crippen LogP contribution < -0.4 is 5.32 Å². The van der Waals surface area contributed by atoms with E-state index in [1.807, 2.05) is 0 Å². The van der Waals surface area contributed by atoms with Crippen molar-refractivity contribution in [1.82, 2.24) is 10.2 Å². The Hall–Kier alpha value is -2.19. The number of rotatable bonds is 5. The van der Waals surface area contributed by atoms with Crippen molar-refractivity contribution in [3.63, 3.8) is 0 Å². The summed E-state index contributed by atoms with van der Waals surface area (Å²) < 4.78 is 25.2. The minimum atomic E-state index is -0.349. The van der Waals surface area contributed by atoms with Crippen LogP contribution >= 0.6 is 11.3 Å². The Morgan fingerprint density at radius 1 is 1.33 bits per heavy atom. The quantitative estimate of drug-likeness (QED) is 0.842. The van der Waals surface area contributed by atoms with Crippen molar-refractivity contribution in [2.45, 2.75) is 32.4 Å². The van der Waals surface area contributed by atoms with Crippen LogP contribution in [0, 0.1) is 5.82 Å². The van der Waals surface area contributed by atoms with Gasteiger partial charge in [0.1, 0.15) is 5.82 Å². The van der Waals surface area contributed by atoms with Crippen molar-refractivity contribution in [1.29, 1.82) is 0 Å². The van der Waals surface area contributed by atoms with E-state index in [1.165, 1.54) is 24.5 Å². The smallest absolute Gasteiger partial charge is 0.409 e. The van der Waals surface area contributed by atoms with Gasteiger partial charge in [0.25, 0.3) is 5.91 Å². The number of fused-ring (bicyclic) bond motifs is 1. The van der Waals surface area contributed by atoms with Gasteiger partial charge in [0, 0.05) is 41.9 Å². The molecular weight excluding hydrogens is 371 g/mol. The maximum Gasteiger partial charge on any atom is 0.409 e. The third kappa shape index (κ3) is 4.22. The molecule has 0 radical (unpaired) electrons. The monoisotopic (exact) mass is 394 g/mol. The molecule has 0 saturated carbocycles. The molecule has 2 amide bonds. The summed E-state index contributed by atoms with van der Waals surface area (Å²) in [7, 11) is 1.52. The number of amides is 2. The number of methoxy groups -OCH3 is 1. The number of nitrogens with zero attached hydrogens (tertiary/aromatic N) is 1. The van der Waals surface area contributed by atoms with Gasteiger partial charge in [-0.25, -0.2) is 9.18 Å². The van der Waals surface area contributed by atoms with E-state index >= 15 is 0 Å². The van der Waals surface area contributed by atoms with Crippen LogP contribution in [-0.4, -0.2) is 49.7 Å². The average Bonchev–Trinajstić information content (AvgIpc) is 3.03. The molecule has 0 aliphatic carbocycles. The lowest BCUT2D eigenvalue weighted by molar-refractivity contribution is 0.0860. The Kier molecular flexibility index (Phi) is 6.28. The van der Waals surface area contributed by atoms with Gasteiger partial charge in [-0.1, -0.05) is 6.07 Å². The first-order valence-corrected chi connectivity index (χ1v) is 9.78. The highest BCUT2D eigenvalue weighted by atomic mass is 32.1. The molecule has 1 N–H and O–H groups in total. The SMILES string of the molecule is CCOC(=O)N1CCC(NC(=O)c2sc3cccc(F)c3c2COC)CC1. The van der Waals surface area contributed by atoms with E-state index < -0.39 is 0 Å². The summed E-state index contributed by atoms with van der Waals surface area (Å²) in [5.41, 5.74) is 0.581. The highest BCUT2D eigenvalue weighted by Crippen LogP contribution is 2.34. The summed E-state index contributed by atoms with van der Waals surface area (Å²) in [6.45, 7) is 3.37. The van der Waals surface area contributed by atoms with Gasteiger partial charge in [-0.05, 0) is 31.9 Å². The number of ether oxygens (including phenoxy) is 2. The van der Waals surface area contributed by atoms with Crippen molar-refractivity contribution in [3.8, 4) is 0 Å². The molecule has 0 unspecified atom stereocenters. The van der Waals surface area contributed by atoms with Gasteiger partial charge in [-0.3, -0.25) is 4.79 Å². The highest BCUT2D eigenvalue weighted by Gasteiger charge is 2.27. The van der Waals surface area contributed by atoms with Crippen LogP contribution in [0.25, 0.3) is 10.1 Å². The van der Waals surface area contributed by atoms with Crippen LogP contribution in [0.3, 0.4) is 0 Å². The Balaban J connectivity index is 1.71. The molecule has 2 aromatic rings. The lowest BCUT2D eigenvalue weighted by Crippen LogP contribution is -2.46. The molecule has 1 aromatic heterocycles. The second kappa shape index (κ2) is 8.67. The molecule has 1 aliphatic heterocycles. The molecule has 1 aromatic carbocycles. The van der Waals surface area contributed by atoms with Crippen LogP contribution in [-0.2, 0) is 16.1 Å². The normalized spacial score (nSPS) is 15.1. The summed E-state index contributed by atoms with van der Waals surface area (Å²) in [5.74, 6) is -0.574. The summed E-state index contributed by atoms with van der Waals surface area (Å²) >= 11 is 1.27. The van der Waals surface area contributed by atoms with E-state index in [0.29, 0.717) is 48.4 Å². The third-order valence-corrected chi connectivity index (χ3v) is 5.81. The van der Waals surface area contributed by atoms with E-state index in [4.69, 9.17) is 9.47 Å². The highest BCUT2D eigenvalue weighted by molar-refractivity contribution is 7.21. The maximum absolute atomic E-state index is 14.3. The number of likely N-dealkylation sites (tertiary alicyclic amines) is 1. The zero-order valence-electron chi connectivity index (χ0n) is 15.4. The van der Waals surface area contributed by atoms with E-state index in [1.54, 1.807) is 24.0 Å². The minimum Gasteiger partial charge on any atom is -0.450 e. The average molecular weight is 394 g/mol. The Morgan fingerprint density at radius 3 is 2.74 bits per heavy atom. The van der Waals surface area contributed by atoms with Crippen molar-refractivity contribution in [2.24, 2.45) is 0 Å². The van der Waals surface area contributed by atoms with Crippen LogP contribution in [0.1, 0.15) is 35.0 Å². The van der Waals surface area contributed by atoms with E-state index in [2.05, 4.69) is 5.32 Å². The molecule has 2 heterocycles. The zero-order valence-corrected chi connectivity index (χ0v) is 16.2. The van der Waals surface area contributed by atoms with Gasteiger partial charge in [0.2, 0.25) is 0 Å². The second-order valence-corrected chi connectivity index (χ2v) is 7.44. The molecule has 3 rings (SSSR count). The fourth-order valence-electron chi connectivity index (χ4n) is 3.30. The maximum atomic E-state index is 14.3. The Bertz CT molecular complexity index is 830. The number of hydrogen-bond acceptors (Lipinski definition) is 5. The van der Waals surface area contributed by atoms with Crippen molar-refractivity contribution >= 4 is 33.4 Å². The number of carbonyl (C=O) groups excluding carboxylic acids is 2. The van der Waals surface area contributed by atoms with E-state index in [0.717, 1.165) is 4.70 Å². The largest absolute Gasteiger partial charge is 0.450 e. The number of nitrogens with one attached hydrogen (secondary N) is 1. The zero-order chi connectivity index (χ0) is 19.4. The lowest BCUT2D eigenvalue weighted by Gasteiger charge is -2.31. The van der Waals surface area contributed by atoms with Crippen LogP contribution in [0.15, 0.2) is 18.2 Å². The van der Waals surface area contributed by atoms with Crippen LogP contribution in [0.2, 0.25) is 0 Å². The summed E-state index contributed by atoms with van der Waals surface area (Å²) in [4.78, 5) is 26.7. The predicted molar refractivity (Wildman–Crippen MR) is 102 cm³/mol. The molecule has 27 heavy (non-hydrogen) atoms. The van der Waals surface area contributed by atoms with Crippen molar-refractivity contribution in [2.75, 3.05) is 26.8 Å². The topological polar surface area (TPSA) is 67.9 Å². The first-order valence-electron chi connectivity index (χ1n) is 8.96. The van der Waals surface area contributed by atoms with Crippen LogP contribution in [0.4, 0.5) is 9.18 Å². The molecule has 0 atom stereocenters. The minimum absolute atomic E-state index is 0.0337. The lowest BCUT2D eigenvalue weighted by atomic mass is 10.0. The second-order valence-electron chi connectivity index (χ2n) is 6.39. The summed E-state index contributed by atoms with van der Waals surface area (Å²) in [5, 5.41) is 3.47. The van der Waals surface area contributed by atoms with Gasteiger partial charge < -0.3 is 19.7 Å². The number of carbonyl (C=O) groups is 2. The molecule has 0 bridgehead atoms. The van der Waals surface area contributed by atoms with Gasteiger partial charge >= 0.3 is 6.09 Å². The number of hydrogen-bond donors (Lipinski definition) is 1. The van der Waals surface area contributed by atoms with Crippen molar-refractivity contribution in [3.05, 3.63) is 34.5 Å². The molecular formula is C19H23FN2O4S. The first kappa shape index (κ1) is 19.6. The number of thiophene rings is 1. The number of benzene rings is 1. The summed E-state index contributed by atoms with van der Waals surface area (Å²) in [6.07, 6.45) is 0.997. The standard InChI is InChI=1S/C19H23FN2O4S/c1-3-26-19(24)22-9-7-12(8-10-22)21-18(23)17-13(11-25-2)16-14(20)5-4-6-15(16)27-17/h4-6,12H,3,7-11H2,1-2H3,(H,21,23). The van der Waals surface area contributed by atoms with E-state index in [9.17, 15) is 14.0 Å². The van der Waals surface area contributed by atoms with Crippen LogP contribution in [0.5, 0.6) is 0 Å². The Morgan fingerprint density at radius 2 is 2.07 bits per heavy atom. The fraction of sp³-hybridized carbons (Fsp3) is 0.474. The molecule has 1 aliphatic rings. The number of piperidine rings is 1. The number of halogens is 1. The molecule has 6 nitrogen and oxygen atoms in total. The van der Waals surface area contributed by atoms with E-state index in [-0.39, 0.29) is 30.5 Å². The molecule has 1 saturated heterocycles. The molecule has 146 valence electrons. The van der Waals surface area contributed by atoms with Gasteiger partial charge in [0.15, 0.2) is 0 Å². The summed E-state index contributed by atoms with van der Waals surface area (Å²) in [6, 6.07) is 4.80. The van der Waals surface area contributed by atoms with Gasteiger partial charge in [-0.15, -0.1) is 11.3 Å². The molecule has 1 fully saturated rings. The Labute approximate surface area is 161 Å². The fourth-order valence-corrected chi connectivity index (χ4v) is 4.43.